The number of fused-ring (bicyclic) bond motifs is 1. The van der Waals surface area contributed by atoms with Crippen molar-refractivity contribution in [1.82, 2.24) is 0 Å². The van der Waals surface area contributed by atoms with Gasteiger partial charge >= 0.3 is 0 Å². The quantitative estimate of drug-likeness (QED) is 0.908. The summed E-state index contributed by atoms with van der Waals surface area (Å²) in [6.07, 6.45) is 0. The molecule has 0 fully saturated rings. The fraction of sp³-hybridized carbons (Fsp3) is 0.278. The molecular formula is C18H18F2N2O. The summed E-state index contributed by atoms with van der Waals surface area (Å²) >= 11 is 0. The van der Waals surface area contributed by atoms with Gasteiger partial charge in [0.2, 0.25) is 0 Å². The maximum absolute atomic E-state index is 13.7. The number of anilines is 2. The summed E-state index contributed by atoms with van der Waals surface area (Å²) in [5, 5.41) is 2.98. The molecule has 1 aliphatic rings. The van der Waals surface area contributed by atoms with Gasteiger partial charge in [-0.1, -0.05) is 29.8 Å². The molecule has 0 aromatic heterocycles. The van der Waals surface area contributed by atoms with Crippen LogP contribution in [0.15, 0.2) is 36.4 Å². The molecule has 0 aliphatic carbocycles. The van der Waals surface area contributed by atoms with Gasteiger partial charge in [0.15, 0.2) is 11.6 Å². The maximum Gasteiger partial charge on any atom is 0.252 e. The van der Waals surface area contributed by atoms with Crippen molar-refractivity contribution in [3.05, 3.63) is 59.2 Å². The minimum absolute atomic E-state index is 0.184. The summed E-state index contributed by atoms with van der Waals surface area (Å²) in [7, 11) is 0. The van der Waals surface area contributed by atoms with E-state index in [0.717, 1.165) is 23.3 Å². The summed E-state index contributed by atoms with van der Waals surface area (Å²) in [6.45, 7) is 5.74. The second kappa shape index (κ2) is 5.33. The summed E-state index contributed by atoms with van der Waals surface area (Å²) in [5.41, 5.74) is 1.93. The predicted molar refractivity (Wildman–Crippen MR) is 86.4 cm³/mol. The fourth-order valence-electron chi connectivity index (χ4n) is 2.73. The first kappa shape index (κ1) is 15.5. The molecule has 3 nitrogen and oxygen atoms in total. The van der Waals surface area contributed by atoms with Crippen LogP contribution in [0.3, 0.4) is 0 Å². The molecule has 2 aromatic carbocycles. The highest BCUT2D eigenvalue weighted by molar-refractivity contribution is 6.07. The van der Waals surface area contributed by atoms with E-state index in [-0.39, 0.29) is 5.91 Å². The van der Waals surface area contributed by atoms with E-state index in [4.69, 9.17) is 0 Å². The maximum atomic E-state index is 13.7. The third-order valence-electron chi connectivity index (χ3n) is 4.02. The second-order valence-corrected chi connectivity index (χ2v) is 6.41. The summed E-state index contributed by atoms with van der Waals surface area (Å²) in [6, 6.07) is 9.94. The van der Waals surface area contributed by atoms with Crippen molar-refractivity contribution >= 4 is 17.3 Å². The monoisotopic (exact) mass is 316 g/mol. The Hall–Kier alpha value is -2.43. The number of amides is 1. The van der Waals surface area contributed by atoms with Gasteiger partial charge in [0, 0.05) is 12.1 Å². The third-order valence-corrected chi connectivity index (χ3v) is 4.02. The Bertz CT molecular complexity index is 769. The van der Waals surface area contributed by atoms with Crippen LogP contribution < -0.4 is 10.2 Å². The van der Waals surface area contributed by atoms with Gasteiger partial charge < -0.3 is 10.2 Å². The lowest BCUT2D eigenvalue weighted by Gasteiger charge is -2.40. The molecule has 0 radical (unpaired) electrons. The van der Waals surface area contributed by atoms with Gasteiger partial charge in [0.25, 0.3) is 5.91 Å². The Morgan fingerprint density at radius 1 is 1.09 bits per heavy atom. The number of rotatable bonds is 2. The number of aryl methyl sites for hydroxylation is 1. The van der Waals surface area contributed by atoms with Gasteiger partial charge in [-0.05, 0) is 26.3 Å². The Balaban J connectivity index is 2.05. The van der Waals surface area contributed by atoms with Crippen molar-refractivity contribution in [2.24, 2.45) is 0 Å². The minimum atomic E-state index is -0.966. The highest BCUT2D eigenvalue weighted by Crippen LogP contribution is 2.37. The standard InChI is InChI=1S/C18H18F2N2O/c1-11-4-6-12(7-5-11)10-22-16-9-14(20)13(19)8-15(16)21-18(2,3)17(22)23/h4-9,21H,10H2,1-3H3. The Kier molecular flexibility index (Phi) is 3.59. The average molecular weight is 316 g/mol. The lowest BCUT2D eigenvalue weighted by molar-refractivity contribution is -0.122. The van der Waals surface area contributed by atoms with Crippen LogP contribution in [0.4, 0.5) is 20.2 Å². The Labute approximate surface area is 133 Å². The van der Waals surface area contributed by atoms with Crippen LogP contribution in [-0.4, -0.2) is 11.4 Å². The molecule has 0 bridgehead atoms. The Morgan fingerprint density at radius 3 is 2.35 bits per heavy atom. The first-order valence-corrected chi connectivity index (χ1v) is 7.43. The smallest absolute Gasteiger partial charge is 0.252 e. The van der Waals surface area contributed by atoms with E-state index >= 15 is 0 Å². The molecule has 3 rings (SSSR count). The highest BCUT2D eigenvalue weighted by atomic mass is 19.2. The molecular weight excluding hydrogens is 298 g/mol. The van der Waals surface area contributed by atoms with Crippen LogP contribution in [0.1, 0.15) is 25.0 Å². The molecule has 5 heteroatoms. The fourth-order valence-corrected chi connectivity index (χ4v) is 2.73. The molecule has 0 spiro atoms. The van der Waals surface area contributed by atoms with Crippen molar-refractivity contribution in [3.8, 4) is 0 Å². The predicted octanol–water partition coefficient (Wildman–Crippen LogP) is 4.01. The first-order chi connectivity index (χ1) is 10.8. The molecule has 23 heavy (non-hydrogen) atoms. The van der Waals surface area contributed by atoms with Crippen LogP contribution in [0, 0.1) is 18.6 Å². The zero-order valence-corrected chi connectivity index (χ0v) is 13.3. The van der Waals surface area contributed by atoms with Gasteiger partial charge in [-0.3, -0.25) is 4.79 Å². The zero-order chi connectivity index (χ0) is 16.8. The van der Waals surface area contributed by atoms with E-state index in [1.807, 2.05) is 31.2 Å². The van der Waals surface area contributed by atoms with E-state index < -0.39 is 17.2 Å². The molecule has 2 aromatic rings. The summed E-state index contributed by atoms with van der Waals surface area (Å²) in [4.78, 5) is 14.2. The number of hydrogen-bond donors (Lipinski definition) is 1. The van der Waals surface area contributed by atoms with Crippen LogP contribution in [0.2, 0.25) is 0 Å². The van der Waals surface area contributed by atoms with Gasteiger partial charge in [0.1, 0.15) is 5.54 Å². The SMILES string of the molecule is Cc1ccc(CN2C(=O)C(C)(C)Nc3cc(F)c(F)cc32)cc1. The molecule has 1 heterocycles. The van der Waals surface area contributed by atoms with Gasteiger partial charge in [-0.25, -0.2) is 8.78 Å². The largest absolute Gasteiger partial charge is 0.370 e. The van der Waals surface area contributed by atoms with E-state index in [9.17, 15) is 13.6 Å². The van der Waals surface area contributed by atoms with Crippen molar-refractivity contribution in [1.29, 1.82) is 0 Å². The topological polar surface area (TPSA) is 32.3 Å². The molecule has 1 N–H and O–H groups in total. The lowest BCUT2D eigenvalue weighted by atomic mass is 9.97. The zero-order valence-electron chi connectivity index (χ0n) is 13.3. The third kappa shape index (κ3) is 2.79. The van der Waals surface area contributed by atoms with Gasteiger partial charge in [-0.2, -0.15) is 0 Å². The number of halogens is 2. The number of benzene rings is 2. The average Bonchev–Trinajstić information content (AvgIpc) is 2.48. The van der Waals surface area contributed by atoms with Crippen LogP contribution >= 0.6 is 0 Å². The number of carbonyl (C=O) groups is 1. The van der Waals surface area contributed by atoms with Crippen LogP contribution in [0.25, 0.3) is 0 Å². The molecule has 1 aliphatic heterocycles. The van der Waals surface area contributed by atoms with Crippen LogP contribution in [-0.2, 0) is 11.3 Å². The number of nitrogens with one attached hydrogen (secondary N) is 1. The number of carbonyl (C=O) groups excluding carboxylic acids is 1. The summed E-state index contributed by atoms with van der Waals surface area (Å²) < 4.78 is 27.2. The van der Waals surface area contributed by atoms with Crippen LogP contribution in [0.5, 0.6) is 0 Å². The summed E-state index contributed by atoms with van der Waals surface area (Å²) in [5.74, 6) is -2.08. The minimum Gasteiger partial charge on any atom is -0.370 e. The van der Waals surface area contributed by atoms with Gasteiger partial charge in [0.05, 0.1) is 17.9 Å². The van der Waals surface area contributed by atoms with Gasteiger partial charge in [-0.15, -0.1) is 0 Å². The highest BCUT2D eigenvalue weighted by Gasteiger charge is 2.39. The Morgan fingerprint density at radius 2 is 1.70 bits per heavy atom. The molecule has 0 atom stereocenters. The van der Waals surface area contributed by atoms with E-state index in [1.165, 1.54) is 4.90 Å². The van der Waals surface area contributed by atoms with Crippen molar-refractivity contribution in [2.45, 2.75) is 32.9 Å². The van der Waals surface area contributed by atoms with Crippen molar-refractivity contribution in [2.75, 3.05) is 10.2 Å². The normalized spacial score (nSPS) is 16.0. The lowest BCUT2D eigenvalue weighted by Crippen LogP contribution is -2.53. The van der Waals surface area contributed by atoms with Crippen molar-refractivity contribution < 1.29 is 13.6 Å². The first-order valence-electron chi connectivity index (χ1n) is 7.43. The number of hydrogen-bond acceptors (Lipinski definition) is 2. The number of nitrogens with zero attached hydrogens (tertiary/aromatic N) is 1. The van der Waals surface area contributed by atoms with Crippen molar-refractivity contribution in [3.63, 3.8) is 0 Å². The van der Waals surface area contributed by atoms with E-state index in [2.05, 4.69) is 5.32 Å². The molecule has 120 valence electrons. The molecule has 0 saturated heterocycles. The van der Waals surface area contributed by atoms with E-state index in [1.54, 1.807) is 13.8 Å². The molecule has 0 unspecified atom stereocenters. The second-order valence-electron chi connectivity index (χ2n) is 6.41. The van der Waals surface area contributed by atoms with E-state index in [0.29, 0.717) is 17.9 Å². The molecule has 0 saturated carbocycles. The molecule has 1 amide bonds.